The molecule has 138 valence electrons. The summed E-state index contributed by atoms with van der Waals surface area (Å²) in [4.78, 5) is 28.2. The number of hydrogen-bond acceptors (Lipinski definition) is 3. The Kier molecular flexibility index (Phi) is 6.09. The Bertz CT molecular complexity index is 595. The first-order valence-electron chi connectivity index (χ1n) is 9.02. The predicted molar refractivity (Wildman–Crippen MR) is 99.6 cm³/mol. The molecule has 1 saturated heterocycles. The molecule has 1 aliphatic rings. The molecule has 0 bridgehead atoms. The van der Waals surface area contributed by atoms with E-state index >= 15 is 0 Å². The van der Waals surface area contributed by atoms with Crippen molar-refractivity contribution in [3.8, 4) is 0 Å². The smallest absolute Gasteiger partial charge is 0.410 e. The van der Waals surface area contributed by atoms with Crippen molar-refractivity contribution in [2.24, 2.45) is 5.92 Å². The van der Waals surface area contributed by atoms with Crippen molar-refractivity contribution in [3.05, 3.63) is 30.3 Å². The van der Waals surface area contributed by atoms with Gasteiger partial charge in [0.25, 0.3) is 0 Å². The van der Waals surface area contributed by atoms with Gasteiger partial charge in [-0.3, -0.25) is 4.79 Å². The van der Waals surface area contributed by atoms with Crippen LogP contribution in [0, 0.1) is 5.92 Å². The van der Waals surface area contributed by atoms with Gasteiger partial charge in [0.1, 0.15) is 5.60 Å². The highest BCUT2D eigenvalue weighted by Crippen LogP contribution is 2.28. The lowest BCUT2D eigenvalue weighted by atomic mass is 9.90. The molecule has 1 heterocycles. The van der Waals surface area contributed by atoms with Crippen LogP contribution in [0.3, 0.4) is 0 Å². The number of nitrogens with zero attached hydrogens (tertiary/aromatic N) is 2. The maximum Gasteiger partial charge on any atom is 0.410 e. The maximum atomic E-state index is 12.4. The van der Waals surface area contributed by atoms with Crippen molar-refractivity contribution < 1.29 is 14.3 Å². The lowest BCUT2D eigenvalue weighted by molar-refractivity contribution is -0.117. The number of piperidine rings is 1. The quantitative estimate of drug-likeness (QED) is 0.829. The molecule has 1 aromatic carbocycles. The van der Waals surface area contributed by atoms with Crippen molar-refractivity contribution in [1.29, 1.82) is 0 Å². The molecule has 5 heteroatoms. The fourth-order valence-electron chi connectivity index (χ4n) is 3.40. The van der Waals surface area contributed by atoms with Crippen molar-refractivity contribution >= 4 is 17.7 Å². The largest absolute Gasteiger partial charge is 0.444 e. The molecule has 0 aromatic heterocycles. The van der Waals surface area contributed by atoms with Crippen LogP contribution in [-0.2, 0) is 9.53 Å². The number of carbonyl (C=O) groups excluding carboxylic acids is 2. The summed E-state index contributed by atoms with van der Waals surface area (Å²) in [5, 5.41) is 0. The van der Waals surface area contributed by atoms with Crippen LogP contribution in [-0.4, -0.2) is 41.6 Å². The number of anilines is 1. The van der Waals surface area contributed by atoms with Crippen LogP contribution in [0.25, 0.3) is 0 Å². The van der Waals surface area contributed by atoms with Gasteiger partial charge in [-0.1, -0.05) is 18.2 Å². The van der Waals surface area contributed by atoms with E-state index in [2.05, 4.69) is 6.92 Å². The van der Waals surface area contributed by atoms with Crippen molar-refractivity contribution in [2.45, 2.75) is 59.1 Å². The third-order valence-electron chi connectivity index (χ3n) is 4.57. The van der Waals surface area contributed by atoms with Gasteiger partial charge in [0, 0.05) is 31.7 Å². The Morgan fingerprint density at radius 2 is 1.88 bits per heavy atom. The zero-order valence-corrected chi connectivity index (χ0v) is 16.0. The summed E-state index contributed by atoms with van der Waals surface area (Å²) in [5.74, 6) is 0.249. The van der Waals surface area contributed by atoms with Gasteiger partial charge in [0.2, 0.25) is 5.91 Å². The van der Waals surface area contributed by atoms with Gasteiger partial charge < -0.3 is 14.5 Å². The van der Waals surface area contributed by atoms with Crippen molar-refractivity contribution in [3.63, 3.8) is 0 Å². The molecular weight excluding hydrogens is 316 g/mol. The number of ether oxygens (including phenoxy) is 1. The molecule has 0 radical (unpaired) electrons. The van der Waals surface area contributed by atoms with E-state index in [0.29, 0.717) is 13.1 Å². The Morgan fingerprint density at radius 3 is 2.44 bits per heavy atom. The van der Waals surface area contributed by atoms with E-state index < -0.39 is 5.60 Å². The second kappa shape index (κ2) is 7.89. The zero-order chi connectivity index (χ0) is 18.6. The first-order valence-corrected chi connectivity index (χ1v) is 9.02. The molecule has 0 N–H and O–H groups in total. The molecule has 2 rings (SSSR count). The number of rotatable bonds is 3. The highest BCUT2D eigenvalue weighted by atomic mass is 16.6. The molecule has 0 spiro atoms. The second-order valence-electron chi connectivity index (χ2n) is 7.79. The topological polar surface area (TPSA) is 49.9 Å². The van der Waals surface area contributed by atoms with Crippen LogP contribution in [0.5, 0.6) is 0 Å². The minimum atomic E-state index is -0.495. The van der Waals surface area contributed by atoms with Crippen LogP contribution in [0.2, 0.25) is 0 Å². The monoisotopic (exact) mass is 346 g/mol. The van der Waals surface area contributed by atoms with Gasteiger partial charge in [-0.25, -0.2) is 4.79 Å². The minimum absolute atomic E-state index is 0.0186. The molecule has 2 atom stereocenters. The summed E-state index contributed by atoms with van der Waals surface area (Å²) in [6.45, 7) is 10.6. The molecule has 1 fully saturated rings. The third-order valence-corrected chi connectivity index (χ3v) is 4.57. The van der Waals surface area contributed by atoms with Crippen LogP contribution < -0.4 is 4.90 Å². The Labute approximate surface area is 150 Å². The van der Waals surface area contributed by atoms with E-state index in [1.807, 2.05) is 56.0 Å². The van der Waals surface area contributed by atoms with Gasteiger partial charge in [-0.05, 0) is 58.6 Å². The second-order valence-corrected chi connectivity index (χ2v) is 7.79. The summed E-state index contributed by atoms with van der Waals surface area (Å²) in [7, 11) is 0. The lowest BCUT2D eigenvalue weighted by Crippen LogP contribution is -2.50. The average molecular weight is 346 g/mol. The number of amides is 2. The number of carbonyl (C=O) groups is 2. The number of likely N-dealkylation sites (tertiary alicyclic amines) is 1. The molecule has 0 saturated carbocycles. The minimum Gasteiger partial charge on any atom is -0.444 e. The Balaban J connectivity index is 2.11. The molecule has 0 aliphatic carbocycles. The molecule has 1 unspecified atom stereocenters. The van der Waals surface area contributed by atoms with E-state index in [4.69, 9.17) is 4.74 Å². The SMILES string of the molecule is CC(=O)N(c1ccccc1)[C@H](C)C1CCCN(C(=O)OC(C)(C)C)C1. The van der Waals surface area contributed by atoms with Gasteiger partial charge in [-0.2, -0.15) is 0 Å². The fourth-order valence-corrected chi connectivity index (χ4v) is 3.40. The van der Waals surface area contributed by atoms with E-state index in [-0.39, 0.29) is 24.0 Å². The van der Waals surface area contributed by atoms with E-state index in [0.717, 1.165) is 18.5 Å². The van der Waals surface area contributed by atoms with E-state index in [1.54, 1.807) is 11.8 Å². The molecule has 25 heavy (non-hydrogen) atoms. The van der Waals surface area contributed by atoms with Crippen molar-refractivity contribution in [1.82, 2.24) is 4.90 Å². The Hall–Kier alpha value is -2.04. The van der Waals surface area contributed by atoms with E-state index in [1.165, 1.54) is 0 Å². The van der Waals surface area contributed by atoms with Crippen LogP contribution in [0.1, 0.15) is 47.5 Å². The fraction of sp³-hybridized carbons (Fsp3) is 0.600. The lowest BCUT2D eigenvalue weighted by Gasteiger charge is -2.40. The Morgan fingerprint density at radius 1 is 1.24 bits per heavy atom. The maximum absolute atomic E-state index is 12.4. The molecule has 2 amide bonds. The van der Waals surface area contributed by atoms with Crippen LogP contribution in [0.4, 0.5) is 10.5 Å². The van der Waals surface area contributed by atoms with Gasteiger partial charge >= 0.3 is 6.09 Å². The van der Waals surface area contributed by atoms with Crippen LogP contribution in [0.15, 0.2) is 30.3 Å². The summed E-state index contributed by atoms with van der Waals surface area (Å²) in [6.07, 6.45) is 1.66. The van der Waals surface area contributed by atoms with Crippen LogP contribution >= 0.6 is 0 Å². The van der Waals surface area contributed by atoms with Gasteiger partial charge in [0.05, 0.1) is 0 Å². The van der Waals surface area contributed by atoms with Gasteiger partial charge in [-0.15, -0.1) is 0 Å². The first kappa shape index (κ1) is 19.3. The zero-order valence-electron chi connectivity index (χ0n) is 16.0. The third kappa shape index (κ3) is 5.21. The van der Waals surface area contributed by atoms with Gasteiger partial charge in [0.15, 0.2) is 0 Å². The summed E-state index contributed by atoms with van der Waals surface area (Å²) >= 11 is 0. The number of para-hydroxylation sites is 1. The number of benzene rings is 1. The van der Waals surface area contributed by atoms with Crippen molar-refractivity contribution in [2.75, 3.05) is 18.0 Å². The molecule has 1 aromatic rings. The summed E-state index contributed by atoms with van der Waals surface area (Å²) < 4.78 is 5.50. The molecule has 5 nitrogen and oxygen atoms in total. The highest BCUT2D eigenvalue weighted by molar-refractivity contribution is 5.92. The number of hydrogen-bond donors (Lipinski definition) is 0. The molecule has 1 aliphatic heterocycles. The summed E-state index contributed by atoms with van der Waals surface area (Å²) in [5.41, 5.74) is 0.405. The average Bonchev–Trinajstić information content (AvgIpc) is 2.54. The highest BCUT2D eigenvalue weighted by Gasteiger charge is 2.33. The standard InChI is InChI=1S/C20H30N2O3/c1-15(22(16(2)23)18-11-7-6-8-12-18)17-10-9-13-21(14-17)19(24)25-20(3,4)5/h6-8,11-12,15,17H,9-10,13-14H2,1-5H3/t15-,17?/m1/s1. The predicted octanol–water partition coefficient (Wildman–Crippen LogP) is 4.08. The first-order chi connectivity index (χ1) is 11.7. The molecular formula is C20H30N2O3. The van der Waals surface area contributed by atoms with E-state index in [9.17, 15) is 9.59 Å². The normalized spacial score (nSPS) is 19.2. The summed E-state index contributed by atoms with van der Waals surface area (Å²) in [6, 6.07) is 9.73.